The van der Waals surface area contributed by atoms with Crippen molar-refractivity contribution in [1.29, 1.82) is 0 Å². The number of amides is 2. The first-order valence-corrected chi connectivity index (χ1v) is 24.2. The van der Waals surface area contributed by atoms with Gasteiger partial charge in [0.05, 0.1) is 36.6 Å². The minimum absolute atomic E-state index is 0.0790. The number of benzene rings is 2. The highest BCUT2D eigenvalue weighted by atomic mass is 16.7. The number of hydrogen-bond donors (Lipinski definition) is 1. The van der Waals surface area contributed by atoms with E-state index < -0.39 is 46.4 Å². The zero-order chi connectivity index (χ0) is 50.0. The molecular formula is C51H76B2N2O13. The maximum atomic E-state index is 13.1. The van der Waals surface area contributed by atoms with Gasteiger partial charge < -0.3 is 42.7 Å². The highest BCUT2D eigenvalue weighted by Gasteiger charge is 2.59. The number of nitrogens with zero attached hydrogens (tertiary/aromatic N) is 2. The third-order valence-corrected chi connectivity index (χ3v) is 15.2. The van der Waals surface area contributed by atoms with Crippen LogP contribution in [0.25, 0.3) is 0 Å². The molecule has 374 valence electrons. The van der Waals surface area contributed by atoms with Crippen LogP contribution in [0.4, 0.5) is 9.59 Å². The van der Waals surface area contributed by atoms with Gasteiger partial charge in [0.1, 0.15) is 24.3 Å². The third kappa shape index (κ3) is 11.9. The number of methoxy groups -OCH3 is 2. The number of aliphatic hydroxyl groups excluding tert-OH is 1. The molecule has 4 atom stereocenters. The van der Waals surface area contributed by atoms with E-state index >= 15 is 0 Å². The molecule has 4 aliphatic rings. The van der Waals surface area contributed by atoms with Crippen molar-refractivity contribution in [2.75, 3.05) is 33.9 Å². The minimum Gasteiger partial charge on any atom is -0.467 e. The monoisotopic (exact) mass is 947 g/mol. The molecule has 0 bridgehead atoms. The molecular weight excluding hydrogens is 870 g/mol. The average Bonchev–Trinajstić information content (AvgIpc) is 3.98. The molecule has 1 N–H and O–H groups in total. The van der Waals surface area contributed by atoms with Crippen molar-refractivity contribution in [2.45, 2.75) is 166 Å². The van der Waals surface area contributed by atoms with Crippen LogP contribution in [0.2, 0.25) is 12.6 Å². The second-order valence-corrected chi connectivity index (χ2v) is 20.4. The number of carbonyl (C=O) groups excluding carboxylic acids is 4. The Labute approximate surface area is 405 Å². The van der Waals surface area contributed by atoms with Gasteiger partial charge in [-0.3, -0.25) is 9.80 Å². The fraction of sp³-hybridized carbons (Fsp3) is 0.647. The first kappa shape index (κ1) is 54.5. The van der Waals surface area contributed by atoms with Gasteiger partial charge >= 0.3 is 38.4 Å². The average molecular weight is 947 g/mol. The molecule has 2 aromatic carbocycles. The molecule has 0 spiro atoms. The van der Waals surface area contributed by atoms with Gasteiger partial charge in [-0.05, 0) is 123 Å². The van der Waals surface area contributed by atoms with E-state index in [1.54, 1.807) is 11.0 Å². The lowest BCUT2D eigenvalue weighted by Crippen LogP contribution is -2.57. The Morgan fingerprint density at radius 3 is 1.38 bits per heavy atom. The van der Waals surface area contributed by atoms with Crippen LogP contribution < -0.4 is 0 Å². The summed E-state index contributed by atoms with van der Waals surface area (Å²) in [5.41, 5.74) is -2.16. The van der Waals surface area contributed by atoms with Crippen molar-refractivity contribution in [3.8, 4) is 0 Å². The lowest BCUT2D eigenvalue weighted by atomic mass is 9.75. The molecule has 68 heavy (non-hydrogen) atoms. The zero-order valence-corrected chi connectivity index (χ0v) is 42.2. The number of aliphatic hydroxyl groups is 1. The van der Waals surface area contributed by atoms with Crippen LogP contribution in [0.3, 0.4) is 0 Å². The SMILES string of the molecule is C=CC[C@@]1(C(=O)OC)[C@H](CCCB2OC(C)(C)C(C)(C)O2)CCN1C(=O)OCc1ccccc1.COC(=O)[C@]1(CCO)[C@H](CCCB2OC(C)(C)C(C)(C)O2)CCN1C(=O)OCc1ccccc1. The van der Waals surface area contributed by atoms with Crippen LogP contribution in [-0.2, 0) is 60.4 Å². The van der Waals surface area contributed by atoms with Gasteiger partial charge in [0.25, 0.3) is 0 Å². The second-order valence-electron chi connectivity index (χ2n) is 20.4. The smallest absolute Gasteiger partial charge is 0.457 e. The predicted molar refractivity (Wildman–Crippen MR) is 259 cm³/mol. The van der Waals surface area contributed by atoms with Crippen LogP contribution in [0.15, 0.2) is 73.3 Å². The Kier molecular flexibility index (Phi) is 18.4. The molecule has 0 unspecified atom stereocenters. The van der Waals surface area contributed by atoms with Gasteiger partial charge in [-0.25, -0.2) is 19.2 Å². The fourth-order valence-electron chi connectivity index (χ4n) is 10.1. The Morgan fingerprint density at radius 2 is 1.01 bits per heavy atom. The Bertz CT molecular complexity index is 1970. The molecule has 0 radical (unpaired) electrons. The quantitative estimate of drug-likeness (QED) is 0.0652. The molecule has 2 amide bonds. The van der Waals surface area contributed by atoms with E-state index in [1.165, 1.54) is 19.1 Å². The molecule has 0 aliphatic carbocycles. The molecule has 0 saturated carbocycles. The topological polar surface area (TPSA) is 169 Å². The van der Waals surface area contributed by atoms with Crippen LogP contribution in [0.1, 0.15) is 118 Å². The molecule has 2 aromatic rings. The summed E-state index contributed by atoms with van der Waals surface area (Å²) in [6, 6.07) is 18.9. The lowest BCUT2D eigenvalue weighted by Gasteiger charge is -2.39. The van der Waals surface area contributed by atoms with Crippen molar-refractivity contribution < 1.29 is 61.8 Å². The molecule has 17 heteroatoms. The van der Waals surface area contributed by atoms with E-state index in [1.807, 2.05) is 116 Å². The highest BCUT2D eigenvalue weighted by Crippen LogP contribution is 2.46. The first-order valence-electron chi connectivity index (χ1n) is 24.2. The van der Waals surface area contributed by atoms with E-state index in [0.29, 0.717) is 51.4 Å². The summed E-state index contributed by atoms with van der Waals surface area (Å²) in [7, 11) is 2.07. The number of esters is 2. The van der Waals surface area contributed by atoms with Crippen molar-refractivity contribution in [3.05, 3.63) is 84.4 Å². The summed E-state index contributed by atoms with van der Waals surface area (Å²) in [4.78, 5) is 55.4. The van der Waals surface area contributed by atoms with E-state index in [2.05, 4.69) is 6.58 Å². The Hall–Kier alpha value is -4.41. The van der Waals surface area contributed by atoms with Gasteiger partial charge in [0.2, 0.25) is 0 Å². The van der Waals surface area contributed by atoms with E-state index in [9.17, 15) is 24.3 Å². The van der Waals surface area contributed by atoms with Crippen LogP contribution in [0, 0.1) is 11.8 Å². The summed E-state index contributed by atoms with van der Waals surface area (Å²) >= 11 is 0. The summed E-state index contributed by atoms with van der Waals surface area (Å²) in [5, 5.41) is 9.85. The van der Waals surface area contributed by atoms with Crippen molar-refractivity contribution in [3.63, 3.8) is 0 Å². The van der Waals surface area contributed by atoms with Crippen LogP contribution in [0.5, 0.6) is 0 Å². The van der Waals surface area contributed by atoms with E-state index in [0.717, 1.165) is 30.4 Å². The molecule has 4 aliphatic heterocycles. The molecule has 4 heterocycles. The molecule has 4 saturated heterocycles. The fourth-order valence-corrected chi connectivity index (χ4v) is 10.1. The lowest BCUT2D eigenvalue weighted by molar-refractivity contribution is -0.156. The predicted octanol–water partition coefficient (Wildman–Crippen LogP) is 8.82. The maximum Gasteiger partial charge on any atom is 0.457 e. The van der Waals surface area contributed by atoms with Gasteiger partial charge in [-0.15, -0.1) is 6.58 Å². The van der Waals surface area contributed by atoms with Crippen LogP contribution in [-0.4, -0.2) is 121 Å². The second kappa shape index (κ2) is 23.0. The third-order valence-electron chi connectivity index (χ3n) is 15.2. The zero-order valence-electron chi connectivity index (χ0n) is 42.2. The molecule has 6 rings (SSSR count). The molecule has 4 fully saturated rings. The summed E-state index contributed by atoms with van der Waals surface area (Å²) in [5.74, 6) is -1.19. The standard InChI is InChI=1S/C26H38BNO6.C25H38BNO7/c1-7-16-26(22(29)31-6)21(14-11-17-27-33-24(2,3)25(4,5)34-27)15-18-28(26)23(30)32-19-20-12-9-8-10-13-20;1-23(2)24(3,4)34-26(33-23)15-9-12-20-13-16-27(25(20,14-17-28)21(29)31-5)22(30)32-18-19-10-7-6-8-11-19/h7-10,12-13,21H,1,11,14-19H2,2-6H3;6-8,10-11,20,28H,9,12-18H2,1-5H3/t21-,26+;20-,25+/m11/s1. The minimum atomic E-state index is -1.26. The van der Waals surface area contributed by atoms with Gasteiger partial charge in [0, 0.05) is 26.1 Å². The van der Waals surface area contributed by atoms with Gasteiger partial charge in [0.15, 0.2) is 0 Å². The number of hydrogen-bond acceptors (Lipinski definition) is 13. The van der Waals surface area contributed by atoms with Crippen molar-refractivity contribution >= 4 is 38.4 Å². The van der Waals surface area contributed by atoms with Gasteiger partial charge in [-0.2, -0.15) is 0 Å². The number of ether oxygens (including phenoxy) is 4. The largest absolute Gasteiger partial charge is 0.467 e. The van der Waals surface area contributed by atoms with E-state index in [-0.39, 0.29) is 63.5 Å². The van der Waals surface area contributed by atoms with Crippen LogP contribution >= 0.6 is 0 Å². The van der Waals surface area contributed by atoms with Gasteiger partial charge in [-0.1, -0.05) is 79.6 Å². The number of likely N-dealkylation sites (tertiary alicyclic amines) is 2. The summed E-state index contributed by atoms with van der Waals surface area (Å²) in [6.07, 6.45) is 6.65. The number of rotatable bonds is 18. The molecule has 15 nitrogen and oxygen atoms in total. The first-order chi connectivity index (χ1) is 32.1. The Balaban J connectivity index is 0.000000254. The van der Waals surface area contributed by atoms with E-state index in [4.69, 9.17) is 37.6 Å². The highest BCUT2D eigenvalue weighted by molar-refractivity contribution is 6.45. The van der Waals surface area contributed by atoms with Crippen molar-refractivity contribution in [2.24, 2.45) is 11.8 Å². The summed E-state index contributed by atoms with van der Waals surface area (Å²) in [6.45, 7) is 20.9. The normalized spacial score (nSPS) is 25.3. The molecule has 0 aromatic heterocycles. The Morgan fingerprint density at radius 1 is 0.647 bits per heavy atom. The summed E-state index contributed by atoms with van der Waals surface area (Å²) < 4.78 is 45.9. The van der Waals surface area contributed by atoms with Crippen molar-refractivity contribution in [1.82, 2.24) is 9.80 Å². The maximum absolute atomic E-state index is 13.1. The number of carbonyl (C=O) groups is 4.